The molecule has 1 aromatic heterocycles. The number of aliphatic carboxylic acids is 1. The largest absolute Gasteiger partial charge is 0.497 e. The average molecular weight is 447 g/mol. The zero-order chi connectivity index (χ0) is 22.5. The third kappa shape index (κ3) is 5.35. The van der Waals surface area contributed by atoms with Crippen LogP contribution in [0.25, 0.3) is 0 Å². The van der Waals surface area contributed by atoms with Gasteiger partial charge in [0, 0.05) is 23.8 Å². The van der Waals surface area contributed by atoms with Crippen LogP contribution in [0.2, 0.25) is 0 Å². The van der Waals surface area contributed by atoms with Crippen LogP contribution in [0.3, 0.4) is 0 Å². The predicted molar refractivity (Wildman–Crippen MR) is 119 cm³/mol. The van der Waals surface area contributed by atoms with Crippen LogP contribution >= 0.6 is 11.3 Å². The first kappa shape index (κ1) is 22.6. The fraction of sp³-hybridized carbons (Fsp3) is 0.409. The highest BCUT2D eigenvalue weighted by Crippen LogP contribution is 2.40. The molecule has 2 aromatic rings. The van der Waals surface area contributed by atoms with E-state index in [0.717, 1.165) is 29.7 Å². The summed E-state index contributed by atoms with van der Waals surface area (Å²) in [6, 6.07) is 5.12. The monoisotopic (exact) mass is 446 g/mol. The Balaban J connectivity index is 1.83. The van der Waals surface area contributed by atoms with E-state index in [9.17, 15) is 14.4 Å². The summed E-state index contributed by atoms with van der Waals surface area (Å²) < 4.78 is 10.6. The molecule has 166 valence electrons. The number of thiophene rings is 1. The number of rotatable bonds is 9. The lowest BCUT2D eigenvalue weighted by Crippen LogP contribution is -2.20. The van der Waals surface area contributed by atoms with Crippen molar-refractivity contribution in [3.8, 4) is 11.5 Å². The second kappa shape index (κ2) is 9.82. The molecule has 1 heterocycles. The van der Waals surface area contributed by atoms with E-state index in [1.54, 1.807) is 25.1 Å². The minimum atomic E-state index is -0.942. The van der Waals surface area contributed by atoms with Crippen LogP contribution in [0, 0.1) is 5.92 Å². The molecule has 9 heteroatoms. The number of anilines is 2. The van der Waals surface area contributed by atoms with Crippen molar-refractivity contribution in [3.05, 3.63) is 34.2 Å². The highest BCUT2D eigenvalue weighted by molar-refractivity contribution is 7.17. The maximum atomic E-state index is 13.2. The molecule has 1 aliphatic rings. The van der Waals surface area contributed by atoms with Crippen LogP contribution < -0.4 is 20.1 Å². The summed E-state index contributed by atoms with van der Waals surface area (Å²) in [6.07, 6.45) is 2.59. The van der Waals surface area contributed by atoms with E-state index in [1.807, 2.05) is 0 Å². The standard InChI is InChI=1S/C22H26N2O6S/c1-12(10-19(26)27)9-18(25)24-22-20(14-5-4-6-17(14)31-22)21(28)23-15-11-13(29-2)7-8-16(15)30-3/h7-8,11-12H,4-6,9-10H2,1-3H3,(H,23,28)(H,24,25)(H,26,27)/t12-/m0/s1. The third-order valence-electron chi connectivity index (χ3n) is 5.11. The van der Waals surface area contributed by atoms with Crippen LogP contribution in [-0.4, -0.2) is 37.1 Å². The van der Waals surface area contributed by atoms with Crippen molar-refractivity contribution in [2.45, 2.75) is 39.0 Å². The molecule has 8 nitrogen and oxygen atoms in total. The minimum absolute atomic E-state index is 0.0691. The van der Waals surface area contributed by atoms with Gasteiger partial charge in [0.15, 0.2) is 0 Å². The van der Waals surface area contributed by atoms with E-state index < -0.39 is 5.97 Å². The summed E-state index contributed by atoms with van der Waals surface area (Å²) in [4.78, 5) is 37.7. The quantitative estimate of drug-likeness (QED) is 0.538. The Morgan fingerprint density at radius 1 is 1.13 bits per heavy atom. The molecule has 1 atom stereocenters. The van der Waals surface area contributed by atoms with Crippen LogP contribution in [0.4, 0.5) is 10.7 Å². The molecule has 0 fully saturated rings. The number of aryl methyl sites for hydroxylation is 1. The Morgan fingerprint density at radius 3 is 2.58 bits per heavy atom. The normalized spacial score (nSPS) is 13.3. The smallest absolute Gasteiger partial charge is 0.303 e. The van der Waals surface area contributed by atoms with Gasteiger partial charge in [0.25, 0.3) is 5.91 Å². The molecule has 0 aliphatic heterocycles. The van der Waals surface area contributed by atoms with Gasteiger partial charge in [0.2, 0.25) is 5.91 Å². The van der Waals surface area contributed by atoms with Crippen molar-refractivity contribution in [3.63, 3.8) is 0 Å². The molecule has 0 bridgehead atoms. The number of fused-ring (bicyclic) bond motifs is 1. The van der Waals surface area contributed by atoms with E-state index in [4.69, 9.17) is 14.6 Å². The average Bonchev–Trinajstić information content (AvgIpc) is 3.27. The van der Waals surface area contributed by atoms with Crippen molar-refractivity contribution in [1.29, 1.82) is 0 Å². The van der Waals surface area contributed by atoms with Gasteiger partial charge in [-0.25, -0.2) is 0 Å². The fourth-order valence-electron chi connectivity index (χ4n) is 3.69. The first-order valence-corrected chi connectivity index (χ1v) is 10.8. The predicted octanol–water partition coefficient (Wildman–Crippen LogP) is 3.95. The van der Waals surface area contributed by atoms with E-state index >= 15 is 0 Å². The van der Waals surface area contributed by atoms with Crippen LogP contribution in [-0.2, 0) is 22.4 Å². The SMILES string of the molecule is COc1ccc(OC)c(NC(=O)c2c(NC(=O)C[C@H](C)CC(=O)O)sc3c2CCC3)c1. The molecule has 31 heavy (non-hydrogen) atoms. The summed E-state index contributed by atoms with van der Waals surface area (Å²) in [5.74, 6) is -0.812. The Hall–Kier alpha value is -3.07. The van der Waals surface area contributed by atoms with Gasteiger partial charge in [-0.3, -0.25) is 14.4 Å². The lowest BCUT2D eigenvalue weighted by molar-refractivity contribution is -0.138. The number of amides is 2. The summed E-state index contributed by atoms with van der Waals surface area (Å²) in [5, 5.41) is 15.1. The van der Waals surface area contributed by atoms with Crippen molar-refractivity contribution in [1.82, 2.24) is 0 Å². The van der Waals surface area contributed by atoms with Crippen LogP contribution in [0.15, 0.2) is 18.2 Å². The second-order valence-electron chi connectivity index (χ2n) is 7.54. The van der Waals surface area contributed by atoms with E-state index in [-0.39, 0.29) is 30.6 Å². The molecule has 0 spiro atoms. The Kier molecular flexibility index (Phi) is 7.17. The number of nitrogens with one attached hydrogen (secondary N) is 2. The molecule has 1 aromatic carbocycles. The zero-order valence-electron chi connectivity index (χ0n) is 17.7. The third-order valence-corrected chi connectivity index (χ3v) is 6.32. The van der Waals surface area contributed by atoms with Gasteiger partial charge >= 0.3 is 5.97 Å². The van der Waals surface area contributed by atoms with Crippen molar-refractivity contribution in [2.75, 3.05) is 24.9 Å². The first-order chi connectivity index (χ1) is 14.8. The number of carbonyl (C=O) groups is 3. The van der Waals surface area contributed by atoms with Crippen molar-refractivity contribution < 1.29 is 29.0 Å². The molecule has 1 aliphatic carbocycles. The zero-order valence-corrected chi connectivity index (χ0v) is 18.6. The van der Waals surface area contributed by atoms with Gasteiger partial charge in [-0.05, 0) is 42.9 Å². The summed E-state index contributed by atoms with van der Waals surface area (Å²) in [6.45, 7) is 1.71. The second-order valence-corrected chi connectivity index (χ2v) is 8.64. The molecule has 0 radical (unpaired) electrons. The highest BCUT2D eigenvalue weighted by Gasteiger charge is 2.28. The van der Waals surface area contributed by atoms with Crippen LogP contribution in [0.1, 0.15) is 47.0 Å². The van der Waals surface area contributed by atoms with Crippen molar-refractivity contribution in [2.24, 2.45) is 5.92 Å². The van der Waals surface area contributed by atoms with Crippen molar-refractivity contribution >= 4 is 39.8 Å². The number of benzene rings is 1. The lowest BCUT2D eigenvalue weighted by atomic mass is 10.0. The Bertz CT molecular complexity index is 1000. The number of carbonyl (C=O) groups excluding carboxylic acids is 2. The van der Waals surface area contributed by atoms with Gasteiger partial charge in [0.1, 0.15) is 16.5 Å². The van der Waals surface area contributed by atoms with Crippen LogP contribution in [0.5, 0.6) is 11.5 Å². The van der Waals surface area contributed by atoms with Gasteiger partial charge in [-0.1, -0.05) is 6.92 Å². The Labute approximate surface area is 184 Å². The number of hydrogen-bond donors (Lipinski definition) is 3. The number of carboxylic acid groups (broad SMARTS) is 1. The molecular formula is C22H26N2O6S. The van der Waals surface area contributed by atoms with E-state index in [1.165, 1.54) is 25.6 Å². The topological polar surface area (TPSA) is 114 Å². The number of hydrogen-bond acceptors (Lipinski definition) is 6. The summed E-state index contributed by atoms with van der Waals surface area (Å²) >= 11 is 1.41. The van der Waals surface area contributed by atoms with Gasteiger partial charge < -0.3 is 25.2 Å². The Morgan fingerprint density at radius 2 is 1.90 bits per heavy atom. The van der Waals surface area contributed by atoms with E-state index in [0.29, 0.717) is 27.8 Å². The molecule has 3 N–H and O–H groups in total. The molecule has 2 amide bonds. The van der Waals surface area contributed by atoms with E-state index in [2.05, 4.69) is 10.6 Å². The lowest BCUT2D eigenvalue weighted by Gasteiger charge is -2.14. The van der Waals surface area contributed by atoms with Gasteiger partial charge in [-0.2, -0.15) is 0 Å². The maximum Gasteiger partial charge on any atom is 0.303 e. The number of carboxylic acids is 1. The molecule has 0 saturated heterocycles. The minimum Gasteiger partial charge on any atom is -0.497 e. The highest BCUT2D eigenvalue weighted by atomic mass is 32.1. The molecular weight excluding hydrogens is 420 g/mol. The van der Waals surface area contributed by atoms with Gasteiger partial charge in [0.05, 0.1) is 25.5 Å². The number of ether oxygens (including phenoxy) is 2. The molecule has 0 unspecified atom stereocenters. The fourth-order valence-corrected chi connectivity index (χ4v) is 5.00. The number of methoxy groups -OCH3 is 2. The summed E-state index contributed by atoms with van der Waals surface area (Å²) in [7, 11) is 3.06. The first-order valence-electron chi connectivity index (χ1n) is 10.0. The maximum absolute atomic E-state index is 13.2. The molecule has 0 saturated carbocycles. The molecule has 3 rings (SSSR count). The van der Waals surface area contributed by atoms with Gasteiger partial charge in [-0.15, -0.1) is 11.3 Å². The summed E-state index contributed by atoms with van der Waals surface area (Å²) in [5.41, 5.74) is 1.89.